The molecule has 1 amide bonds. The Hall–Kier alpha value is -2.86. The lowest BCUT2D eigenvalue weighted by atomic mass is 10.1. The Kier molecular flexibility index (Phi) is 6.04. The van der Waals surface area contributed by atoms with E-state index in [0.717, 1.165) is 33.7 Å². The standard InChI is InChI=1S/C23H25ClN2O4/c1-3-28-19-7-5-15(13-21(19)29-4-2)9-10-25-23(27)18-14-16-17(24)6-8-20-22(16)26(18)11-12-30-20/h5-8,13-14H,3-4,9-12H2,1-2H3,(H,25,27). The predicted octanol–water partition coefficient (Wildman–Crippen LogP) is 4.46. The number of carbonyl (C=O) groups is 1. The highest BCUT2D eigenvalue weighted by atomic mass is 35.5. The average Bonchev–Trinajstić information content (AvgIpc) is 3.14. The van der Waals surface area contributed by atoms with Gasteiger partial charge in [-0.05, 0) is 56.2 Å². The van der Waals surface area contributed by atoms with Gasteiger partial charge in [0.05, 0.1) is 30.3 Å². The monoisotopic (exact) mass is 428 g/mol. The first kappa shape index (κ1) is 20.4. The molecule has 0 atom stereocenters. The van der Waals surface area contributed by atoms with Crippen molar-refractivity contribution in [2.75, 3.05) is 26.4 Å². The van der Waals surface area contributed by atoms with Gasteiger partial charge in [0.15, 0.2) is 11.5 Å². The molecule has 0 spiro atoms. The summed E-state index contributed by atoms with van der Waals surface area (Å²) in [5.41, 5.74) is 2.55. The highest BCUT2D eigenvalue weighted by Gasteiger charge is 2.22. The van der Waals surface area contributed by atoms with E-state index in [0.29, 0.717) is 50.0 Å². The highest BCUT2D eigenvalue weighted by Crippen LogP contribution is 2.36. The van der Waals surface area contributed by atoms with Crippen molar-refractivity contribution in [3.05, 3.63) is 52.7 Å². The minimum Gasteiger partial charge on any atom is -0.490 e. The van der Waals surface area contributed by atoms with E-state index in [1.165, 1.54) is 0 Å². The van der Waals surface area contributed by atoms with Crippen molar-refractivity contribution in [1.29, 1.82) is 0 Å². The van der Waals surface area contributed by atoms with Crippen LogP contribution in [0.5, 0.6) is 17.2 Å². The molecule has 30 heavy (non-hydrogen) atoms. The lowest BCUT2D eigenvalue weighted by Crippen LogP contribution is -2.29. The maximum Gasteiger partial charge on any atom is 0.267 e. The maximum absolute atomic E-state index is 12.9. The Morgan fingerprint density at radius 1 is 1.13 bits per heavy atom. The van der Waals surface area contributed by atoms with Gasteiger partial charge in [-0.15, -0.1) is 0 Å². The third-order valence-corrected chi connectivity index (χ3v) is 5.41. The predicted molar refractivity (Wildman–Crippen MR) is 117 cm³/mol. The van der Waals surface area contributed by atoms with E-state index in [4.69, 9.17) is 25.8 Å². The molecule has 0 aliphatic carbocycles. The summed E-state index contributed by atoms with van der Waals surface area (Å²) >= 11 is 6.34. The number of carbonyl (C=O) groups excluding carboxylic acids is 1. The van der Waals surface area contributed by atoms with Gasteiger partial charge in [-0.2, -0.15) is 0 Å². The zero-order chi connectivity index (χ0) is 21.1. The Labute approximate surface area is 180 Å². The number of halogens is 1. The number of nitrogens with one attached hydrogen (secondary N) is 1. The molecule has 0 fully saturated rings. The van der Waals surface area contributed by atoms with Gasteiger partial charge >= 0.3 is 0 Å². The molecule has 0 saturated heterocycles. The van der Waals surface area contributed by atoms with Crippen molar-refractivity contribution in [2.45, 2.75) is 26.8 Å². The van der Waals surface area contributed by atoms with Crippen molar-refractivity contribution in [2.24, 2.45) is 0 Å². The van der Waals surface area contributed by atoms with Gasteiger partial charge in [0.25, 0.3) is 5.91 Å². The summed E-state index contributed by atoms with van der Waals surface area (Å²) in [5.74, 6) is 2.11. The van der Waals surface area contributed by atoms with E-state index >= 15 is 0 Å². The summed E-state index contributed by atoms with van der Waals surface area (Å²) in [7, 11) is 0. The normalized spacial score (nSPS) is 12.5. The molecule has 1 aliphatic heterocycles. The van der Waals surface area contributed by atoms with Crippen LogP contribution in [-0.4, -0.2) is 36.8 Å². The second-order valence-electron chi connectivity index (χ2n) is 6.99. The molecule has 7 heteroatoms. The van der Waals surface area contributed by atoms with E-state index in [-0.39, 0.29) is 5.91 Å². The third-order valence-electron chi connectivity index (χ3n) is 5.08. The number of nitrogens with zero attached hydrogens (tertiary/aromatic N) is 1. The van der Waals surface area contributed by atoms with Crippen LogP contribution >= 0.6 is 11.6 Å². The van der Waals surface area contributed by atoms with E-state index in [1.807, 2.05) is 48.7 Å². The van der Waals surface area contributed by atoms with Gasteiger partial charge in [-0.25, -0.2) is 0 Å². The minimum absolute atomic E-state index is 0.119. The largest absolute Gasteiger partial charge is 0.490 e. The summed E-state index contributed by atoms with van der Waals surface area (Å²) < 4.78 is 19.0. The molecule has 2 aromatic carbocycles. The molecule has 1 N–H and O–H groups in total. The Balaban J connectivity index is 1.47. The number of aromatic nitrogens is 1. The van der Waals surface area contributed by atoms with E-state index in [9.17, 15) is 4.79 Å². The van der Waals surface area contributed by atoms with Crippen LogP contribution in [0.3, 0.4) is 0 Å². The smallest absolute Gasteiger partial charge is 0.267 e. The van der Waals surface area contributed by atoms with Crippen molar-refractivity contribution < 1.29 is 19.0 Å². The molecule has 158 valence electrons. The molecule has 0 saturated carbocycles. The second-order valence-corrected chi connectivity index (χ2v) is 7.40. The quantitative estimate of drug-likeness (QED) is 0.575. The number of rotatable bonds is 8. The zero-order valence-corrected chi connectivity index (χ0v) is 17.9. The third kappa shape index (κ3) is 3.92. The summed E-state index contributed by atoms with van der Waals surface area (Å²) in [5, 5.41) is 4.48. The Bertz CT molecular complexity index is 1080. The van der Waals surface area contributed by atoms with E-state index < -0.39 is 0 Å². The van der Waals surface area contributed by atoms with Crippen molar-refractivity contribution in [3.63, 3.8) is 0 Å². The molecule has 0 unspecified atom stereocenters. The lowest BCUT2D eigenvalue weighted by Gasteiger charge is -2.19. The maximum atomic E-state index is 12.9. The SMILES string of the molecule is CCOc1ccc(CCNC(=O)c2cc3c(Cl)ccc4c3n2CCO4)cc1OCC. The van der Waals surface area contributed by atoms with Gasteiger partial charge in [0.2, 0.25) is 0 Å². The summed E-state index contributed by atoms with van der Waals surface area (Å²) in [6, 6.07) is 11.4. The second kappa shape index (κ2) is 8.88. The fraction of sp³-hybridized carbons (Fsp3) is 0.348. The van der Waals surface area contributed by atoms with Gasteiger partial charge in [0, 0.05) is 11.9 Å². The first-order chi connectivity index (χ1) is 14.6. The van der Waals surface area contributed by atoms with Crippen LogP contribution in [0.1, 0.15) is 29.9 Å². The number of hydrogen-bond donors (Lipinski definition) is 1. The topological polar surface area (TPSA) is 61.7 Å². The van der Waals surface area contributed by atoms with Gasteiger partial charge in [0.1, 0.15) is 18.1 Å². The molecule has 4 rings (SSSR count). The lowest BCUT2D eigenvalue weighted by molar-refractivity contribution is 0.0943. The minimum atomic E-state index is -0.119. The van der Waals surface area contributed by atoms with Crippen LogP contribution in [0.25, 0.3) is 10.9 Å². The molecule has 0 bridgehead atoms. The molecule has 2 heterocycles. The summed E-state index contributed by atoms with van der Waals surface area (Å²) in [6.45, 7) is 6.70. The molecular formula is C23H25ClN2O4. The van der Waals surface area contributed by atoms with Crippen LogP contribution < -0.4 is 19.5 Å². The van der Waals surface area contributed by atoms with Crippen molar-refractivity contribution in [1.82, 2.24) is 9.88 Å². The first-order valence-electron chi connectivity index (χ1n) is 10.2. The zero-order valence-electron chi connectivity index (χ0n) is 17.2. The highest BCUT2D eigenvalue weighted by molar-refractivity contribution is 6.36. The van der Waals surface area contributed by atoms with Crippen molar-refractivity contribution >= 4 is 28.4 Å². The van der Waals surface area contributed by atoms with Gasteiger partial charge in [-0.3, -0.25) is 4.79 Å². The Morgan fingerprint density at radius 3 is 2.73 bits per heavy atom. The number of ether oxygens (including phenoxy) is 3. The van der Waals surface area contributed by atoms with E-state index in [2.05, 4.69) is 5.32 Å². The summed E-state index contributed by atoms with van der Waals surface area (Å²) in [4.78, 5) is 12.9. The average molecular weight is 429 g/mol. The fourth-order valence-corrected chi connectivity index (χ4v) is 3.97. The molecule has 3 aromatic rings. The van der Waals surface area contributed by atoms with Crippen molar-refractivity contribution in [3.8, 4) is 17.2 Å². The first-order valence-corrected chi connectivity index (χ1v) is 10.6. The molecule has 6 nitrogen and oxygen atoms in total. The van der Waals surface area contributed by atoms with Gasteiger partial charge < -0.3 is 24.1 Å². The fourth-order valence-electron chi connectivity index (χ4n) is 3.76. The van der Waals surface area contributed by atoms with Crippen LogP contribution in [-0.2, 0) is 13.0 Å². The van der Waals surface area contributed by atoms with Crippen LogP contribution in [0.4, 0.5) is 0 Å². The molecular weight excluding hydrogens is 404 g/mol. The van der Waals surface area contributed by atoms with Gasteiger partial charge in [-0.1, -0.05) is 17.7 Å². The molecule has 1 aromatic heterocycles. The summed E-state index contributed by atoms with van der Waals surface area (Å²) in [6.07, 6.45) is 0.688. The molecule has 1 aliphatic rings. The Morgan fingerprint density at radius 2 is 1.93 bits per heavy atom. The van der Waals surface area contributed by atoms with Crippen LogP contribution in [0, 0.1) is 0 Å². The van der Waals surface area contributed by atoms with Crippen LogP contribution in [0.2, 0.25) is 5.02 Å². The van der Waals surface area contributed by atoms with Crippen LogP contribution in [0.15, 0.2) is 36.4 Å². The number of amides is 1. The molecule has 0 radical (unpaired) electrons. The number of benzene rings is 2. The number of hydrogen-bond acceptors (Lipinski definition) is 4. The van der Waals surface area contributed by atoms with E-state index in [1.54, 1.807) is 6.07 Å².